The molecule has 0 bridgehead atoms. The van der Waals surface area contributed by atoms with Gasteiger partial charge < -0.3 is 9.88 Å². The maximum atomic E-state index is 12.3. The average molecular weight is 223 g/mol. The van der Waals surface area contributed by atoms with Gasteiger partial charge in [-0.3, -0.25) is 4.79 Å². The Morgan fingerprint density at radius 2 is 1.69 bits per heavy atom. The zero-order valence-corrected chi connectivity index (χ0v) is 11.0. The third kappa shape index (κ3) is 2.62. The number of nitrogens with one attached hydrogen (secondary N) is 1. The third-order valence-corrected chi connectivity index (χ3v) is 2.26. The minimum atomic E-state index is -0.228. The molecule has 0 spiro atoms. The quantitative estimate of drug-likeness (QED) is 0.795. The molecule has 1 aromatic heterocycles. The van der Waals surface area contributed by atoms with Crippen LogP contribution in [0.3, 0.4) is 0 Å². The van der Waals surface area contributed by atoms with E-state index in [1.54, 1.807) is 6.20 Å². The molecule has 4 nitrogen and oxygen atoms in total. The Balaban J connectivity index is 3.09. The van der Waals surface area contributed by atoms with Crippen LogP contribution in [-0.4, -0.2) is 31.9 Å². The Morgan fingerprint density at radius 3 is 2.00 bits per heavy atom. The average Bonchev–Trinajstić information content (AvgIpc) is 2.48. The molecule has 4 heteroatoms. The number of rotatable bonds is 1. The van der Waals surface area contributed by atoms with Gasteiger partial charge in [0.15, 0.2) is 0 Å². The first-order chi connectivity index (χ1) is 7.14. The van der Waals surface area contributed by atoms with Gasteiger partial charge in [-0.25, -0.2) is 4.98 Å². The van der Waals surface area contributed by atoms with Crippen molar-refractivity contribution in [3.8, 4) is 0 Å². The van der Waals surface area contributed by atoms with Gasteiger partial charge in [-0.15, -0.1) is 0 Å². The zero-order chi connectivity index (χ0) is 12.6. The highest BCUT2D eigenvalue weighted by Crippen LogP contribution is 2.26. The number of H-pyrrole nitrogens is 1. The zero-order valence-electron chi connectivity index (χ0n) is 11.0. The van der Waals surface area contributed by atoms with Crippen LogP contribution in [0.4, 0.5) is 0 Å². The van der Waals surface area contributed by atoms with Gasteiger partial charge in [0, 0.05) is 17.3 Å². The first kappa shape index (κ1) is 12.7. The lowest BCUT2D eigenvalue weighted by molar-refractivity contribution is 0.0265. The molecule has 0 atom stereocenters. The van der Waals surface area contributed by atoms with Crippen molar-refractivity contribution >= 4 is 5.91 Å². The predicted octanol–water partition coefficient (Wildman–Crippen LogP) is 2.45. The van der Waals surface area contributed by atoms with Gasteiger partial charge >= 0.3 is 0 Å². The van der Waals surface area contributed by atoms with E-state index < -0.39 is 0 Å². The summed E-state index contributed by atoms with van der Waals surface area (Å²) in [6.07, 6.45) is 3.16. The van der Waals surface area contributed by atoms with Crippen LogP contribution in [0.25, 0.3) is 0 Å². The van der Waals surface area contributed by atoms with E-state index in [0.29, 0.717) is 5.69 Å². The summed E-state index contributed by atoms with van der Waals surface area (Å²) in [5.41, 5.74) is 0.00704. The monoisotopic (exact) mass is 223 g/mol. The Morgan fingerprint density at radius 1 is 1.19 bits per heavy atom. The van der Waals surface area contributed by atoms with E-state index in [1.165, 1.54) is 6.33 Å². The van der Waals surface area contributed by atoms with E-state index in [9.17, 15) is 4.79 Å². The molecule has 0 saturated carbocycles. The van der Waals surface area contributed by atoms with Gasteiger partial charge in [-0.05, 0) is 41.5 Å². The van der Waals surface area contributed by atoms with Crippen molar-refractivity contribution in [3.05, 3.63) is 18.2 Å². The van der Waals surface area contributed by atoms with Crippen molar-refractivity contribution in [3.63, 3.8) is 0 Å². The van der Waals surface area contributed by atoms with Crippen LogP contribution < -0.4 is 0 Å². The van der Waals surface area contributed by atoms with Crippen molar-refractivity contribution in [2.45, 2.75) is 52.6 Å². The number of hydrogen-bond donors (Lipinski definition) is 1. The van der Waals surface area contributed by atoms with E-state index in [0.717, 1.165) is 0 Å². The van der Waals surface area contributed by atoms with Crippen molar-refractivity contribution < 1.29 is 4.79 Å². The van der Waals surface area contributed by atoms with Crippen LogP contribution >= 0.6 is 0 Å². The standard InChI is InChI=1S/C12H21N3O/c1-11(2,3)15(12(4,5)6)10(16)9-7-13-8-14-9/h7-8H,1-6H3,(H,13,14). The fourth-order valence-electron chi connectivity index (χ4n) is 2.11. The molecule has 16 heavy (non-hydrogen) atoms. The van der Waals surface area contributed by atoms with E-state index in [-0.39, 0.29) is 17.0 Å². The minimum absolute atomic E-state index is 0.0405. The lowest BCUT2D eigenvalue weighted by Gasteiger charge is -2.45. The van der Waals surface area contributed by atoms with Gasteiger partial charge in [0.2, 0.25) is 0 Å². The van der Waals surface area contributed by atoms with E-state index in [4.69, 9.17) is 0 Å². The van der Waals surface area contributed by atoms with E-state index in [2.05, 4.69) is 9.97 Å². The van der Waals surface area contributed by atoms with Crippen LogP contribution in [0, 0.1) is 0 Å². The van der Waals surface area contributed by atoms with Crippen LogP contribution in [0.2, 0.25) is 0 Å². The van der Waals surface area contributed by atoms with Gasteiger partial charge in [0.1, 0.15) is 5.69 Å². The second kappa shape index (κ2) is 3.92. The summed E-state index contributed by atoms with van der Waals surface area (Å²) in [5.74, 6) is -0.0405. The third-order valence-electron chi connectivity index (χ3n) is 2.26. The fraction of sp³-hybridized carbons (Fsp3) is 0.667. The smallest absolute Gasteiger partial charge is 0.274 e. The number of imidazole rings is 1. The first-order valence-electron chi connectivity index (χ1n) is 5.47. The second-order valence-electron chi connectivity index (χ2n) is 5.94. The highest BCUT2D eigenvalue weighted by molar-refractivity contribution is 5.93. The van der Waals surface area contributed by atoms with Gasteiger partial charge in [-0.1, -0.05) is 0 Å². The van der Waals surface area contributed by atoms with E-state index in [1.807, 2.05) is 46.4 Å². The molecule has 0 aliphatic rings. The molecule has 0 fully saturated rings. The highest BCUT2D eigenvalue weighted by Gasteiger charge is 2.36. The van der Waals surface area contributed by atoms with Crippen molar-refractivity contribution in [2.24, 2.45) is 0 Å². The molecule has 0 unspecified atom stereocenters. The summed E-state index contributed by atoms with van der Waals surface area (Å²) in [4.78, 5) is 21.0. The molecule has 90 valence electrons. The highest BCUT2D eigenvalue weighted by atomic mass is 16.2. The van der Waals surface area contributed by atoms with Crippen molar-refractivity contribution in [1.29, 1.82) is 0 Å². The molecule has 0 aromatic carbocycles. The number of aromatic amines is 1. The number of hydrogen-bond acceptors (Lipinski definition) is 2. The Bertz CT molecular complexity index is 341. The Hall–Kier alpha value is -1.32. The van der Waals surface area contributed by atoms with Crippen LogP contribution in [0.15, 0.2) is 12.5 Å². The molecule has 0 radical (unpaired) electrons. The minimum Gasteiger partial charge on any atom is -0.350 e. The summed E-state index contributed by atoms with van der Waals surface area (Å²) >= 11 is 0. The number of aromatic nitrogens is 2. The first-order valence-corrected chi connectivity index (χ1v) is 5.47. The molecule has 0 aliphatic heterocycles. The molecule has 1 aromatic rings. The fourth-order valence-corrected chi connectivity index (χ4v) is 2.11. The summed E-state index contributed by atoms with van der Waals surface area (Å²) in [6, 6.07) is 0. The molecule has 1 amide bonds. The SMILES string of the molecule is CC(C)(C)N(C(=O)c1c[nH]cn1)C(C)(C)C. The molecule has 0 saturated heterocycles. The summed E-state index contributed by atoms with van der Waals surface area (Å²) in [5, 5.41) is 0. The topological polar surface area (TPSA) is 49.0 Å². The number of nitrogens with zero attached hydrogens (tertiary/aromatic N) is 2. The molecule has 1 rings (SSSR count). The molecule has 1 heterocycles. The largest absolute Gasteiger partial charge is 0.350 e. The normalized spacial score (nSPS) is 12.6. The lowest BCUT2D eigenvalue weighted by atomic mass is 9.95. The summed E-state index contributed by atoms with van der Waals surface area (Å²) in [7, 11) is 0. The second-order valence-corrected chi connectivity index (χ2v) is 5.94. The Kier molecular flexibility index (Phi) is 3.13. The molecular weight excluding hydrogens is 202 g/mol. The number of carbonyl (C=O) groups is 1. The summed E-state index contributed by atoms with van der Waals surface area (Å²) < 4.78 is 0. The van der Waals surface area contributed by atoms with Crippen molar-refractivity contribution in [2.75, 3.05) is 0 Å². The maximum absolute atomic E-state index is 12.3. The van der Waals surface area contributed by atoms with Gasteiger partial charge in [0.05, 0.1) is 6.33 Å². The molecule has 1 N–H and O–H groups in total. The Labute approximate surface area is 97.1 Å². The van der Waals surface area contributed by atoms with Crippen LogP contribution in [-0.2, 0) is 0 Å². The van der Waals surface area contributed by atoms with Crippen LogP contribution in [0.5, 0.6) is 0 Å². The molecular formula is C12H21N3O. The van der Waals surface area contributed by atoms with Gasteiger partial charge in [0.25, 0.3) is 5.91 Å². The van der Waals surface area contributed by atoms with Crippen LogP contribution in [0.1, 0.15) is 52.0 Å². The maximum Gasteiger partial charge on any atom is 0.274 e. The number of amides is 1. The summed E-state index contributed by atoms with van der Waals surface area (Å²) in [6.45, 7) is 12.2. The predicted molar refractivity (Wildman–Crippen MR) is 64.3 cm³/mol. The van der Waals surface area contributed by atoms with Crippen molar-refractivity contribution in [1.82, 2.24) is 14.9 Å². The molecule has 0 aliphatic carbocycles. The number of carbonyl (C=O) groups excluding carboxylic acids is 1. The van der Waals surface area contributed by atoms with Gasteiger partial charge in [-0.2, -0.15) is 0 Å². The lowest BCUT2D eigenvalue weighted by Crippen LogP contribution is -2.55. The van der Waals surface area contributed by atoms with E-state index >= 15 is 0 Å².